The zero-order valence-corrected chi connectivity index (χ0v) is 10.4. The average molecular weight is 279 g/mol. The molecule has 2 aromatic rings. The van der Waals surface area contributed by atoms with Crippen LogP contribution in [0.25, 0.3) is 0 Å². The summed E-state index contributed by atoms with van der Waals surface area (Å²) < 4.78 is 14.9. The number of rotatable bonds is 2. The van der Waals surface area contributed by atoms with Crippen molar-refractivity contribution in [2.24, 2.45) is 0 Å². The molecule has 0 aliphatic carbocycles. The van der Waals surface area contributed by atoms with Crippen LogP contribution in [0, 0.1) is 17.1 Å². The molecule has 2 rings (SSSR count). The number of pyridine rings is 1. The van der Waals surface area contributed by atoms with E-state index in [1.807, 2.05) is 6.07 Å². The van der Waals surface area contributed by atoms with Gasteiger partial charge in [-0.3, -0.25) is 4.79 Å². The van der Waals surface area contributed by atoms with Crippen molar-refractivity contribution in [3.63, 3.8) is 0 Å². The zero-order chi connectivity index (χ0) is 14.0. The number of aromatic hydroxyl groups is 1. The summed E-state index contributed by atoms with van der Waals surface area (Å²) in [6, 6.07) is 6.78. The Hall–Kier alpha value is -2.32. The van der Waals surface area contributed by atoms with Gasteiger partial charge < -0.3 is 9.67 Å². The number of hydrogen-bond acceptors (Lipinski definition) is 3. The van der Waals surface area contributed by atoms with Crippen molar-refractivity contribution in [2.45, 2.75) is 6.54 Å². The van der Waals surface area contributed by atoms with Crippen LogP contribution in [-0.2, 0) is 6.54 Å². The third-order valence-corrected chi connectivity index (χ3v) is 2.87. The summed E-state index contributed by atoms with van der Waals surface area (Å²) in [6.45, 7) is -0.0314. The minimum absolute atomic E-state index is 0.00801. The molecule has 0 bridgehead atoms. The van der Waals surface area contributed by atoms with Crippen molar-refractivity contribution in [3.8, 4) is 11.8 Å². The Morgan fingerprint density at radius 3 is 2.79 bits per heavy atom. The molecule has 0 atom stereocenters. The van der Waals surface area contributed by atoms with E-state index in [-0.39, 0.29) is 28.4 Å². The lowest BCUT2D eigenvalue weighted by atomic mass is 10.1. The normalized spacial score (nSPS) is 10.2. The fourth-order valence-electron chi connectivity index (χ4n) is 1.59. The van der Waals surface area contributed by atoms with Crippen LogP contribution in [0.3, 0.4) is 0 Å². The van der Waals surface area contributed by atoms with Crippen LogP contribution >= 0.6 is 11.6 Å². The molecule has 0 unspecified atom stereocenters. The van der Waals surface area contributed by atoms with Crippen LogP contribution in [0.15, 0.2) is 35.3 Å². The maximum Gasteiger partial charge on any atom is 0.254 e. The maximum absolute atomic E-state index is 13.7. The van der Waals surface area contributed by atoms with Crippen molar-refractivity contribution in [3.05, 3.63) is 62.8 Å². The van der Waals surface area contributed by atoms with Gasteiger partial charge in [0.2, 0.25) is 0 Å². The molecule has 19 heavy (non-hydrogen) atoms. The van der Waals surface area contributed by atoms with Crippen LogP contribution in [0.4, 0.5) is 4.39 Å². The molecule has 96 valence electrons. The summed E-state index contributed by atoms with van der Waals surface area (Å²) in [4.78, 5) is 11.6. The van der Waals surface area contributed by atoms with E-state index in [0.717, 1.165) is 12.1 Å². The minimum Gasteiger partial charge on any atom is -0.506 e. The fourth-order valence-corrected chi connectivity index (χ4v) is 1.76. The van der Waals surface area contributed by atoms with Gasteiger partial charge in [-0.2, -0.15) is 5.26 Å². The zero-order valence-electron chi connectivity index (χ0n) is 9.60. The Morgan fingerprint density at radius 1 is 1.42 bits per heavy atom. The van der Waals surface area contributed by atoms with Gasteiger partial charge in [0.25, 0.3) is 5.56 Å². The van der Waals surface area contributed by atoms with E-state index in [4.69, 9.17) is 16.9 Å². The van der Waals surface area contributed by atoms with Crippen molar-refractivity contribution >= 4 is 11.6 Å². The topological polar surface area (TPSA) is 66.0 Å². The highest BCUT2D eigenvalue weighted by molar-refractivity contribution is 6.31. The lowest BCUT2D eigenvalue weighted by Crippen LogP contribution is -2.19. The Bertz CT molecular complexity index is 734. The first-order chi connectivity index (χ1) is 9.01. The van der Waals surface area contributed by atoms with Crippen molar-refractivity contribution in [2.75, 3.05) is 0 Å². The van der Waals surface area contributed by atoms with Gasteiger partial charge in [0, 0.05) is 17.8 Å². The Morgan fingerprint density at radius 2 is 2.16 bits per heavy atom. The summed E-state index contributed by atoms with van der Waals surface area (Å²) in [5.74, 6) is -0.890. The number of aromatic nitrogens is 1. The van der Waals surface area contributed by atoms with Gasteiger partial charge in [-0.1, -0.05) is 17.7 Å². The summed E-state index contributed by atoms with van der Waals surface area (Å²) in [7, 11) is 0. The van der Waals surface area contributed by atoms with Crippen LogP contribution in [0.1, 0.15) is 11.1 Å². The molecule has 4 nitrogen and oxygen atoms in total. The predicted octanol–water partition coefficient (Wildman–Crippen LogP) is 2.27. The quantitative estimate of drug-likeness (QED) is 0.916. The van der Waals surface area contributed by atoms with Gasteiger partial charge in [0.05, 0.1) is 23.2 Å². The lowest BCUT2D eigenvalue weighted by Gasteiger charge is -2.08. The van der Waals surface area contributed by atoms with Crippen LogP contribution in [0.2, 0.25) is 5.02 Å². The lowest BCUT2D eigenvalue weighted by molar-refractivity contribution is 0.471. The van der Waals surface area contributed by atoms with Crippen LogP contribution in [0.5, 0.6) is 5.75 Å². The molecule has 0 saturated carbocycles. The maximum atomic E-state index is 13.7. The van der Waals surface area contributed by atoms with Crippen molar-refractivity contribution < 1.29 is 9.50 Å². The van der Waals surface area contributed by atoms with Crippen LogP contribution in [-0.4, -0.2) is 9.67 Å². The largest absolute Gasteiger partial charge is 0.506 e. The molecule has 0 spiro atoms. The second-order valence-corrected chi connectivity index (χ2v) is 4.30. The highest BCUT2D eigenvalue weighted by atomic mass is 35.5. The van der Waals surface area contributed by atoms with Gasteiger partial charge in [0.15, 0.2) is 0 Å². The van der Waals surface area contributed by atoms with Crippen molar-refractivity contribution in [1.29, 1.82) is 5.26 Å². The molecule has 1 heterocycles. The van der Waals surface area contributed by atoms with E-state index in [1.54, 1.807) is 0 Å². The predicted molar refractivity (Wildman–Crippen MR) is 67.6 cm³/mol. The van der Waals surface area contributed by atoms with E-state index in [9.17, 15) is 14.3 Å². The fraction of sp³-hybridized carbons (Fsp3) is 0.0769. The third kappa shape index (κ3) is 2.75. The first-order valence-corrected chi connectivity index (χ1v) is 5.66. The van der Waals surface area contributed by atoms with Crippen molar-refractivity contribution in [1.82, 2.24) is 4.57 Å². The molecule has 0 aliphatic heterocycles. The molecular formula is C13H8ClFN2O2. The molecule has 0 radical (unpaired) electrons. The number of nitriles is 1. The Kier molecular flexibility index (Phi) is 3.54. The monoisotopic (exact) mass is 278 g/mol. The highest BCUT2D eigenvalue weighted by Gasteiger charge is 2.08. The standard InChI is InChI=1S/C13H8ClFN2O2/c14-10-7-17(13(19)4-12(10)18)6-9-2-1-8(5-16)3-11(9)15/h1-4,7,18H,6H2. The SMILES string of the molecule is N#Cc1ccc(Cn2cc(Cl)c(O)cc2=O)c(F)c1. The molecule has 1 aromatic carbocycles. The summed E-state index contributed by atoms with van der Waals surface area (Å²) in [6.07, 6.45) is 1.23. The summed E-state index contributed by atoms with van der Waals surface area (Å²) in [5, 5.41) is 17.9. The number of hydrogen-bond donors (Lipinski definition) is 1. The number of halogens is 2. The Labute approximate surface area is 112 Å². The molecule has 1 aromatic heterocycles. The Balaban J connectivity index is 2.40. The third-order valence-electron chi connectivity index (χ3n) is 2.58. The van der Waals surface area contributed by atoms with E-state index in [2.05, 4.69) is 0 Å². The molecule has 0 fully saturated rings. The second kappa shape index (κ2) is 5.12. The number of nitrogens with zero attached hydrogens (tertiary/aromatic N) is 2. The molecule has 0 aliphatic rings. The van der Waals surface area contributed by atoms with Gasteiger partial charge in [-0.05, 0) is 12.1 Å². The van der Waals surface area contributed by atoms with E-state index in [0.29, 0.717) is 0 Å². The van der Waals surface area contributed by atoms with Gasteiger partial charge >= 0.3 is 0 Å². The summed E-state index contributed by atoms with van der Waals surface area (Å²) >= 11 is 5.69. The minimum atomic E-state index is -0.574. The van der Waals surface area contributed by atoms with E-state index < -0.39 is 11.4 Å². The van der Waals surface area contributed by atoms with Gasteiger partial charge in [0.1, 0.15) is 11.6 Å². The van der Waals surface area contributed by atoms with E-state index in [1.165, 1.54) is 22.9 Å². The molecule has 1 N–H and O–H groups in total. The van der Waals surface area contributed by atoms with E-state index >= 15 is 0 Å². The van der Waals surface area contributed by atoms with Gasteiger partial charge in [-0.15, -0.1) is 0 Å². The first kappa shape index (κ1) is 13.1. The highest BCUT2D eigenvalue weighted by Crippen LogP contribution is 2.20. The first-order valence-electron chi connectivity index (χ1n) is 5.28. The average Bonchev–Trinajstić information content (AvgIpc) is 2.38. The number of benzene rings is 1. The molecular weight excluding hydrogens is 271 g/mol. The van der Waals surface area contributed by atoms with Crippen LogP contribution < -0.4 is 5.56 Å². The summed E-state index contributed by atoms with van der Waals surface area (Å²) in [5.41, 5.74) is -0.0362. The second-order valence-electron chi connectivity index (χ2n) is 3.89. The molecule has 0 amide bonds. The molecule has 0 saturated heterocycles. The van der Waals surface area contributed by atoms with Gasteiger partial charge in [-0.25, -0.2) is 4.39 Å². The smallest absolute Gasteiger partial charge is 0.254 e. The molecule has 6 heteroatoms.